The molecule has 2 rings (SSSR count). The van der Waals surface area contributed by atoms with Gasteiger partial charge in [0, 0.05) is 19.3 Å². The monoisotopic (exact) mass is 309 g/mol. The Hall–Kier alpha value is -1.93. The lowest BCUT2D eigenvalue weighted by Gasteiger charge is -2.11. The van der Waals surface area contributed by atoms with Crippen LogP contribution < -0.4 is 10.5 Å². The van der Waals surface area contributed by atoms with E-state index in [0.29, 0.717) is 19.5 Å². The molecule has 21 heavy (non-hydrogen) atoms. The van der Waals surface area contributed by atoms with Crippen molar-refractivity contribution in [3.8, 4) is 0 Å². The normalized spacial score (nSPS) is 11.7. The number of nitrogens with two attached hydrogens (primary N) is 1. The summed E-state index contributed by atoms with van der Waals surface area (Å²) in [6.07, 6.45) is 3.93. The number of anilines is 1. The molecule has 0 radical (unpaired) electrons. The summed E-state index contributed by atoms with van der Waals surface area (Å²) < 4.78 is 28.7. The summed E-state index contributed by atoms with van der Waals surface area (Å²) in [6, 6.07) is 3.28. The van der Waals surface area contributed by atoms with Crippen molar-refractivity contribution in [3.63, 3.8) is 0 Å². The number of rotatable bonds is 6. The first-order chi connectivity index (χ1) is 9.90. The van der Waals surface area contributed by atoms with E-state index in [4.69, 9.17) is 5.73 Å². The second kappa shape index (κ2) is 6.23. The van der Waals surface area contributed by atoms with Gasteiger partial charge in [0.2, 0.25) is 10.0 Å². The Morgan fingerprint density at radius 3 is 2.67 bits per heavy atom. The van der Waals surface area contributed by atoms with Gasteiger partial charge in [-0.2, -0.15) is 0 Å². The summed E-state index contributed by atoms with van der Waals surface area (Å²) in [6.45, 7) is 4.67. The van der Waals surface area contributed by atoms with E-state index < -0.39 is 10.0 Å². The van der Waals surface area contributed by atoms with Crippen molar-refractivity contribution in [2.24, 2.45) is 0 Å². The maximum Gasteiger partial charge on any atom is 0.242 e. The Labute approximate surface area is 124 Å². The van der Waals surface area contributed by atoms with Gasteiger partial charge >= 0.3 is 0 Å². The van der Waals surface area contributed by atoms with E-state index in [1.807, 2.05) is 13.8 Å². The average Bonchev–Trinajstić information content (AvgIpc) is 2.92. The van der Waals surface area contributed by atoms with E-state index in [2.05, 4.69) is 15.0 Å². The third kappa shape index (κ3) is 3.79. The smallest absolute Gasteiger partial charge is 0.242 e. The first-order valence-electron chi connectivity index (χ1n) is 6.60. The zero-order chi connectivity index (χ0) is 15.5. The standard InChI is InChI=1S/C13H19N5O2S/c1-10-8-12(14)13(9-11(10)2)21(19,20)16-4-3-6-18-7-5-15-17-18/h5,7-9,16H,3-4,6,14H2,1-2H3. The molecule has 0 saturated carbocycles. The van der Waals surface area contributed by atoms with Crippen molar-refractivity contribution >= 4 is 15.7 Å². The van der Waals surface area contributed by atoms with Gasteiger partial charge < -0.3 is 5.73 Å². The number of hydrogen-bond donors (Lipinski definition) is 2. The van der Waals surface area contributed by atoms with Crippen LogP contribution in [0.5, 0.6) is 0 Å². The topological polar surface area (TPSA) is 103 Å². The number of nitrogens with one attached hydrogen (secondary N) is 1. The van der Waals surface area contributed by atoms with Gasteiger partial charge in [-0.05, 0) is 43.5 Å². The van der Waals surface area contributed by atoms with Gasteiger partial charge in [-0.1, -0.05) is 5.21 Å². The molecular formula is C13H19N5O2S. The molecule has 114 valence electrons. The van der Waals surface area contributed by atoms with Crippen molar-refractivity contribution < 1.29 is 8.42 Å². The second-order valence-corrected chi connectivity index (χ2v) is 6.63. The number of nitrogen functional groups attached to an aromatic ring is 1. The lowest BCUT2D eigenvalue weighted by molar-refractivity contribution is 0.542. The van der Waals surface area contributed by atoms with Crippen LogP contribution in [0.4, 0.5) is 5.69 Å². The third-order valence-electron chi connectivity index (χ3n) is 3.24. The summed E-state index contributed by atoms with van der Waals surface area (Å²) in [4.78, 5) is 0.131. The molecule has 7 nitrogen and oxygen atoms in total. The molecule has 0 amide bonds. The first kappa shape index (κ1) is 15.5. The number of nitrogens with zero attached hydrogens (tertiary/aromatic N) is 3. The molecule has 0 saturated heterocycles. The fourth-order valence-electron chi connectivity index (χ4n) is 1.92. The Morgan fingerprint density at radius 1 is 1.29 bits per heavy atom. The van der Waals surface area contributed by atoms with Gasteiger partial charge in [-0.3, -0.25) is 4.68 Å². The first-order valence-corrected chi connectivity index (χ1v) is 8.09. The van der Waals surface area contributed by atoms with E-state index >= 15 is 0 Å². The molecule has 3 N–H and O–H groups in total. The molecule has 0 atom stereocenters. The van der Waals surface area contributed by atoms with Crippen molar-refractivity contribution in [2.75, 3.05) is 12.3 Å². The summed E-state index contributed by atoms with van der Waals surface area (Å²) in [7, 11) is -3.59. The molecule has 1 aromatic carbocycles. The highest BCUT2D eigenvalue weighted by atomic mass is 32.2. The quantitative estimate of drug-likeness (QED) is 0.608. The molecular weight excluding hydrogens is 290 g/mol. The lowest BCUT2D eigenvalue weighted by atomic mass is 10.1. The molecule has 1 aromatic heterocycles. The average molecular weight is 309 g/mol. The Morgan fingerprint density at radius 2 is 2.00 bits per heavy atom. The van der Waals surface area contributed by atoms with Crippen LogP contribution in [0, 0.1) is 13.8 Å². The predicted molar refractivity (Wildman–Crippen MR) is 80.2 cm³/mol. The molecule has 0 aliphatic carbocycles. The highest BCUT2D eigenvalue weighted by Crippen LogP contribution is 2.22. The van der Waals surface area contributed by atoms with Crippen LogP contribution in [0.1, 0.15) is 17.5 Å². The van der Waals surface area contributed by atoms with Crippen LogP contribution in [0.3, 0.4) is 0 Å². The maximum absolute atomic E-state index is 12.3. The van der Waals surface area contributed by atoms with Crippen molar-refractivity contribution in [2.45, 2.75) is 31.7 Å². The number of aromatic nitrogens is 3. The van der Waals surface area contributed by atoms with Crippen LogP contribution in [0.25, 0.3) is 0 Å². The number of aryl methyl sites for hydroxylation is 3. The molecule has 0 bridgehead atoms. The van der Waals surface area contributed by atoms with Crippen LogP contribution in [-0.2, 0) is 16.6 Å². The second-order valence-electron chi connectivity index (χ2n) is 4.89. The van der Waals surface area contributed by atoms with Gasteiger partial charge in [0.25, 0.3) is 0 Å². The van der Waals surface area contributed by atoms with Crippen LogP contribution in [-0.4, -0.2) is 30.0 Å². The van der Waals surface area contributed by atoms with Gasteiger partial charge in [0.15, 0.2) is 0 Å². The van der Waals surface area contributed by atoms with Crippen LogP contribution in [0.15, 0.2) is 29.4 Å². The van der Waals surface area contributed by atoms with E-state index in [1.54, 1.807) is 29.2 Å². The Kier molecular flexibility index (Phi) is 4.59. The summed E-state index contributed by atoms with van der Waals surface area (Å²) >= 11 is 0. The third-order valence-corrected chi connectivity index (χ3v) is 4.76. The molecule has 0 spiro atoms. The molecule has 0 aliphatic rings. The van der Waals surface area contributed by atoms with Crippen molar-refractivity contribution in [1.82, 2.24) is 19.7 Å². The zero-order valence-electron chi connectivity index (χ0n) is 12.1. The predicted octanol–water partition coefficient (Wildman–Crippen LogP) is 0.846. The minimum atomic E-state index is -3.59. The molecule has 1 heterocycles. The van der Waals surface area contributed by atoms with E-state index in [-0.39, 0.29) is 10.6 Å². The molecule has 0 aliphatic heterocycles. The van der Waals surface area contributed by atoms with Gasteiger partial charge in [-0.15, -0.1) is 5.10 Å². The SMILES string of the molecule is Cc1cc(N)c(S(=O)(=O)NCCCn2ccnn2)cc1C. The highest BCUT2D eigenvalue weighted by molar-refractivity contribution is 7.89. The minimum absolute atomic E-state index is 0.131. The van der Waals surface area contributed by atoms with Gasteiger partial charge in [0.1, 0.15) is 4.90 Å². The maximum atomic E-state index is 12.3. The summed E-state index contributed by atoms with van der Waals surface area (Å²) in [5.41, 5.74) is 7.95. The van der Waals surface area contributed by atoms with Crippen molar-refractivity contribution in [3.05, 3.63) is 35.7 Å². The lowest BCUT2D eigenvalue weighted by Crippen LogP contribution is -2.26. The van der Waals surface area contributed by atoms with E-state index in [9.17, 15) is 8.42 Å². The molecule has 0 unspecified atom stereocenters. The number of sulfonamides is 1. The Balaban J connectivity index is 2.00. The number of hydrogen-bond acceptors (Lipinski definition) is 5. The molecule has 0 fully saturated rings. The van der Waals surface area contributed by atoms with Gasteiger partial charge in [0.05, 0.1) is 11.9 Å². The van der Waals surface area contributed by atoms with Crippen LogP contribution >= 0.6 is 0 Å². The van der Waals surface area contributed by atoms with E-state index in [1.165, 1.54) is 0 Å². The molecule has 8 heteroatoms. The zero-order valence-corrected chi connectivity index (χ0v) is 12.9. The van der Waals surface area contributed by atoms with E-state index in [0.717, 1.165) is 11.1 Å². The minimum Gasteiger partial charge on any atom is -0.398 e. The van der Waals surface area contributed by atoms with Crippen molar-refractivity contribution in [1.29, 1.82) is 0 Å². The number of benzene rings is 1. The highest BCUT2D eigenvalue weighted by Gasteiger charge is 2.17. The molecule has 2 aromatic rings. The van der Waals surface area contributed by atoms with Gasteiger partial charge in [-0.25, -0.2) is 13.1 Å². The fourth-order valence-corrected chi connectivity index (χ4v) is 3.19. The fraction of sp³-hybridized carbons (Fsp3) is 0.385. The van der Waals surface area contributed by atoms with Crippen LogP contribution in [0.2, 0.25) is 0 Å². The Bertz CT molecular complexity index is 710. The summed E-state index contributed by atoms with van der Waals surface area (Å²) in [5.74, 6) is 0. The largest absolute Gasteiger partial charge is 0.398 e. The summed E-state index contributed by atoms with van der Waals surface area (Å²) in [5, 5.41) is 7.50.